The highest BCUT2D eigenvalue weighted by Crippen LogP contribution is 2.43. The Labute approximate surface area is 788 Å². The molecule has 15 aromatic rings. The number of aryl methyl sites for hydroxylation is 21. The van der Waals surface area contributed by atoms with Gasteiger partial charge in [0.05, 0.1) is 0 Å². The lowest BCUT2D eigenvalue weighted by Gasteiger charge is -2.22. The Morgan fingerprint density at radius 3 is 0.794 bits per heavy atom. The molecule has 0 atom stereocenters. The van der Waals surface area contributed by atoms with Crippen LogP contribution < -0.4 is 22.8 Å². The van der Waals surface area contributed by atoms with Gasteiger partial charge in [-0.1, -0.05) is 218 Å². The van der Waals surface area contributed by atoms with E-state index in [1.54, 1.807) is 0 Å². The molecule has 2 aliphatic rings. The molecule has 0 spiro atoms. The number of benzene rings is 10. The molecule has 672 valence electrons. The summed E-state index contributed by atoms with van der Waals surface area (Å²) in [6.45, 7) is 46.8. The van der Waals surface area contributed by atoms with E-state index in [1.165, 1.54) is 281 Å². The van der Waals surface area contributed by atoms with Crippen LogP contribution in [-0.2, 0) is 48.1 Å². The Hall–Kier alpha value is -12.1. The first-order valence-corrected chi connectivity index (χ1v) is 48.4. The van der Waals surface area contributed by atoms with Crippen LogP contribution >= 0.6 is 0 Å². The Morgan fingerprint density at radius 1 is 0.244 bits per heavy atom. The molecule has 0 amide bonds. The van der Waals surface area contributed by atoms with Crippen LogP contribution in [0.2, 0.25) is 0 Å². The van der Waals surface area contributed by atoms with Gasteiger partial charge < -0.3 is 0 Å². The third-order valence-corrected chi connectivity index (χ3v) is 27.8. The van der Waals surface area contributed by atoms with E-state index in [2.05, 4.69) is 477 Å². The third-order valence-electron chi connectivity index (χ3n) is 27.8. The fourth-order valence-electron chi connectivity index (χ4n) is 20.5. The van der Waals surface area contributed by atoms with Crippen molar-refractivity contribution in [3.8, 4) is 112 Å². The maximum absolute atomic E-state index is 2.45. The molecule has 5 nitrogen and oxygen atoms in total. The van der Waals surface area contributed by atoms with Crippen molar-refractivity contribution in [2.24, 2.45) is 46.6 Å². The summed E-state index contributed by atoms with van der Waals surface area (Å²) < 4.78 is 11.3. The Morgan fingerprint density at radius 2 is 0.504 bits per heavy atom. The van der Waals surface area contributed by atoms with Crippen molar-refractivity contribution in [2.75, 3.05) is 0 Å². The number of rotatable bonds is 15. The van der Waals surface area contributed by atoms with E-state index in [9.17, 15) is 0 Å². The highest BCUT2D eigenvalue weighted by molar-refractivity contribution is 5.83. The average molecular weight is 1730 g/mol. The van der Waals surface area contributed by atoms with Crippen LogP contribution in [0.4, 0.5) is 0 Å². The highest BCUT2D eigenvalue weighted by Gasteiger charge is 2.28. The lowest BCUT2D eigenvalue weighted by Crippen LogP contribution is -2.31. The van der Waals surface area contributed by atoms with E-state index in [4.69, 9.17) is 0 Å². The van der Waals surface area contributed by atoms with Crippen LogP contribution in [0.3, 0.4) is 0 Å². The fraction of sp³-hybridized carbons (Fsp3) is 0.325. The van der Waals surface area contributed by atoms with Gasteiger partial charge in [-0.2, -0.15) is 0 Å². The largest absolute Gasteiger partial charge is 0.212 e. The van der Waals surface area contributed by atoms with Crippen molar-refractivity contribution in [1.29, 1.82) is 0 Å². The molecular formula is C126H148N5+5. The molecule has 0 bridgehead atoms. The molecule has 0 unspecified atom stereocenters. The summed E-state index contributed by atoms with van der Waals surface area (Å²) in [5.74, 6) is 2.14. The van der Waals surface area contributed by atoms with Crippen molar-refractivity contribution >= 4 is 0 Å². The molecule has 5 heterocycles. The first-order chi connectivity index (χ1) is 62.6. The van der Waals surface area contributed by atoms with Crippen LogP contribution in [0.5, 0.6) is 0 Å². The minimum atomic E-state index is 0.284. The van der Waals surface area contributed by atoms with Gasteiger partial charge >= 0.3 is 0 Å². The smallest absolute Gasteiger partial charge is 0.201 e. The molecule has 5 aromatic heterocycles. The minimum Gasteiger partial charge on any atom is -0.201 e. The summed E-state index contributed by atoms with van der Waals surface area (Å²) >= 11 is 0. The van der Waals surface area contributed by atoms with E-state index in [1.807, 2.05) is 0 Å². The SMILES string of the molecule is Cc1ccc(-c2cc(-c3ccccc3C)c(C)cc2C)[n+](C)c1.Cc1ccccc1-c1cc(-c2cc(C3CCCC3)cc[n+]2C)c(C)cc1C.Cc1ccccc1-c1cc(-c2cc(C3CCCCC3)cc[n+]2C)c(C)cc1C.Cc1ccccc1-c1cc(-c2cc(CC(C)(C)C)cc[n+]2C)c(C)cc1C.Cc1ccccc1-c1cc(-c2cc(CC(C)C)cc[n+]2C)c(C)cc1C. The molecule has 17 rings (SSSR count). The van der Waals surface area contributed by atoms with Crippen LogP contribution in [0.25, 0.3) is 112 Å². The van der Waals surface area contributed by atoms with Crippen LogP contribution in [0, 0.1) is 122 Å². The molecule has 10 aromatic carbocycles. The molecule has 0 aliphatic heterocycles. The van der Waals surface area contributed by atoms with Crippen molar-refractivity contribution in [1.82, 2.24) is 0 Å². The van der Waals surface area contributed by atoms with Gasteiger partial charge in [0, 0.05) is 88.0 Å². The highest BCUT2D eigenvalue weighted by atomic mass is 14.9. The number of aromatic nitrogens is 5. The van der Waals surface area contributed by atoms with Gasteiger partial charge in [-0.3, -0.25) is 0 Å². The summed E-state index contributed by atoms with van der Waals surface area (Å²) in [5.41, 5.74) is 53.8. The molecule has 0 radical (unpaired) electrons. The maximum Gasteiger partial charge on any atom is 0.212 e. The van der Waals surface area contributed by atoms with Gasteiger partial charge in [0.1, 0.15) is 35.2 Å². The summed E-state index contributed by atoms with van der Waals surface area (Å²) in [4.78, 5) is 0. The molecule has 2 fully saturated rings. The maximum atomic E-state index is 2.45. The Bertz CT molecular complexity index is 6600. The topological polar surface area (TPSA) is 19.4 Å². The van der Waals surface area contributed by atoms with Gasteiger partial charge in [0.2, 0.25) is 28.5 Å². The fourth-order valence-corrected chi connectivity index (χ4v) is 20.5. The monoisotopic (exact) mass is 1730 g/mol. The molecule has 0 saturated heterocycles. The lowest BCUT2D eigenvalue weighted by atomic mass is 9.83. The van der Waals surface area contributed by atoms with Crippen LogP contribution in [-0.4, -0.2) is 0 Å². The number of hydrogen-bond acceptors (Lipinski definition) is 0. The predicted molar refractivity (Wildman–Crippen MR) is 557 cm³/mol. The van der Waals surface area contributed by atoms with E-state index in [0.717, 1.165) is 24.7 Å². The average Bonchev–Trinajstić information content (AvgIpc) is 1.16. The van der Waals surface area contributed by atoms with Crippen molar-refractivity contribution < 1.29 is 22.8 Å². The van der Waals surface area contributed by atoms with Crippen molar-refractivity contribution in [3.63, 3.8) is 0 Å². The van der Waals surface area contributed by atoms with Crippen LogP contribution in [0.15, 0.2) is 274 Å². The molecular weight excluding hydrogens is 1580 g/mol. The first-order valence-electron chi connectivity index (χ1n) is 48.4. The Balaban J connectivity index is 0.000000140. The van der Waals surface area contributed by atoms with Crippen molar-refractivity contribution in [2.45, 2.75) is 228 Å². The number of pyridine rings is 5. The zero-order chi connectivity index (χ0) is 93.8. The summed E-state index contributed by atoms with van der Waals surface area (Å²) in [5, 5.41) is 0. The molecule has 2 aliphatic carbocycles. The van der Waals surface area contributed by atoms with Crippen molar-refractivity contribution in [3.05, 3.63) is 385 Å². The van der Waals surface area contributed by atoms with Gasteiger partial charge in [0.25, 0.3) is 0 Å². The second kappa shape index (κ2) is 42.9. The number of nitrogens with zero attached hydrogens (tertiary/aromatic N) is 5. The van der Waals surface area contributed by atoms with E-state index >= 15 is 0 Å². The van der Waals surface area contributed by atoms with Gasteiger partial charge in [-0.15, -0.1) is 0 Å². The van der Waals surface area contributed by atoms with E-state index in [0.29, 0.717) is 5.92 Å². The normalized spacial score (nSPS) is 12.8. The minimum absolute atomic E-state index is 0.284. The summed E-state index contributed by atoms with van der Waals surface area (Å²) in [6, 6.07) is 90.1. The zero-order valence-electron chi connectivity index (χ0n) is 84.2. The second-order valence-electron chi connectivity index (χ2n) is 40.3. The van der Waals surface area contributed by atoms with Gasteiger partial charge in [-0.25, -0.2) is 22.8 Å². The second-order valence-corrected chi connectivity index (χ2v) is 40.3. The Kier molecular flexibility index (Phi) is 31.6. The molecule has 0 N–H and O–H groups in total. The zero-order valence-corrected chi connectivity index (χ0v) is 84.2. The molecule has 2 saturated carbocycles. The van der Waals surface area contributed by atoms with Gasteiger partial charge in [0.15, 0.2) is 31.0 Å². The third kappa shape index (κ3) is 23.5. The summed E-state index contributed by atoms with van der Waals surface area (Å²) in [6.07, 6.45) is 25.5. The van der Waals surface area contributed by atoms with E-state index in [-0.39, 0.29) is 5.41 Å². The van der Waals surface area contributed by atoms with Gasteiger partial charge in [-0.05, 0) is 370 Å². The first kappa shape index (κ1) is 96.5. The molecule has 131 heavy (non-hydrogen) atoms. The molecule has 5 heteroatoms. The quantitative estimate of drug-likeness (QED) is 0.0912. The predicted octanol–water partition coefficient (Wildman–Crippen LogP) is 30.7. The van der Waals surface area contributed by atoms with Crippen LogP contribution in [0.1, 0.15) is 216 Å². The standard InChI is InChI=1S/C27H32N.C26H30N.C26H32N.C25H30N.C22H24N/c1-19-10-8-9-13-24(19)25-18-26(21(3)16-20(25)2)27-17-23(14-15-28(27)4)22-11-6-5-7-12-22;1-18-9-5-8-12-23(18)24-17-25(20(3)15-19(24)2)26-16-22(13-14-27(26)4)21-10-6-7-11-21;1-18-10-8-9-11-22(18)23-16-24(20(3)14-19(23)2)25-15-21(12-13-27(25)7)17-26(4,5)6;1-17(2)13-21-11-12-26(6)25(15-21)24-16-23(19(4)14-20(24)5)22-10-8-7-9-18(22)3;1-15-10-11-22(23(5)14-15)21-13-20(17(3)12-18(21)4)19-9-7-6-8-16(19)2/h8-10,13-18,22H,5-7,11-12H2,1-4H3;5,8-9,12-17,21H,6-7,10-11H2,1-4H3;8-16H,17H2,1-7H3;7-12,14-17H,13H2,1-6H3;6-14H,1-5H3/q5*+1. The lowest BCUT2D eigenvalue weighted by molar-refractivity contribution is -0.660. The van der Waals surface area contributed by atoms with E-state index < -0.39 is 0 Å². The summed E-state index contributed by atoms with van der Waals surface area (Å²) in [7, 11) is 10.7. The number of hydrogen-bond donors (Lipinski definition) is 0.